The molecular formula is C29H58O2. The van der Waals surface area contributed by atoms with E-state index in [-0.39, 0.29) is 5.97 Å². The standard InChI is InChI=1S/C29H58O2/c1-27(2)23-19-15-11-7-5-6-8-13-17-21-25-29(30)31-26-22-18-14-10-9-12-16-20-24-28(3)4/h27-28H,5-26H2,1-4H3. The van der Waals surface area contributed by atoms with Crippen LogP contribution < -0.4 is 0 Å². The number of carbonyl (C=O) groups is 1. The van der Waals surface area contributed by atoms with E-state index in [1.165, 1.54) is 116 Å². The first-order chi connectivity index (χ1) is 15.0. The van der Waals surface area contributed by atoms with Gasteiger partial charge >= 0.3 is 5.97 Å². The van der Waals surface area contributed by atoms with Crippen LogP contribution in [0.1, 0.15) is 163 Å². The lowest BCUT2D eigenvalue weighted by atomic mass is 10.0. The molecule has 0 aliphatic rings. The van der Waals surface area contributed by atoms with Crippen molar-refractivity contribution in [3.63, 3.8) is 0 Å². The summed E-state index contributed by atoms with van der Waals surface area (Å²) in [6.07, 6.45) is 27.0. The minimum absolute atomic E-state index is 0.0200. The van der Waals surface area contributed by atoms with Crippen LogP contribution in [0.25, 0.3) is 0 Å². The molecule has 0 fully saturated rings. The molecule has 0 amide bonds. The maximum absolute atomic E-state index is 11.8. The smallest absolute Gasteiger partial charge is 0.305 e. The van der Waals surface area contributed by atoms with Gasteiger partial charge in [0.05, 0.1) is 6.61 Å². The Balaban J connectivity index is 3.17. The Kier molecular flexibility index (Phi) is 23.7. The first-order valence-corrected chi connectivity index (χ1v) is 14.2. The number of unbranched alkanes of at least 4 members (excludes halogenated alkanes) is 16. The SMILES string of the molecule is CC(C)CCCCCCCCCCCCC(=O)OCCCCCCCCCCC(C)C. The molecule has 0 aromatic carbocycles. The Bertz CT molecular complexity index is 362. The first-order valence-electron chi connectivity index (χ1n) is 14.2. The lowest BCUT2D eigenvalue weighted by molar-refractivity contribution is -0.143. The Hall–Kier alpha value is -0.530. The molecule has 186 valence electrons. The molecule has 0 radical (unpaired) electrons. The van der Waals surface area contributed by atoms with E-state index in [0.717, 1.165) is 24.7 Å². The van der Waals surface area contributed by atoms with Crippen LogP contribution in [0.5, 0.6) is 0 Å². The number of hydrogen-bond donors (Lipinski definition) is 0. The summed E-state index contributed by atoms with van der Waals surface area (Å²) in [4.78, 5) is 11.8. The van der Waals surface area contributed by atoms with E-state index in [0.29, 0.717) is 13.0 Å². The fraction of sp³-hybridized carbons (Fsp3) is 0.966. The van der Waals surface area contributed by atoms with Crippen LogP contribution in [-0.2, 0) is 9.53 Å². The topological polar surface area (TPSA) is 26.3 Å². The van der Waals surface area contributed by atoms with Crippen molar-refractivity contribution in [2.24, 2.45) is 11.8 Å². The summed E-state index contributed by atoms with van der Waals surface area (Å²) in [5, 5.41) is 0. The van der Waals surface area contributed by atoms with E-state index in [9.17, 15) is 4.79 Å². The molecule has 0 unspecified atom stereocenters. The minimum atomic E-state index is 0.0200. The van der Waals surface area contributed by atoms with Crippen LogP contribution in [0, 0.1) is 11.8 Å². The summed E-state index contributed by atoms with van der Waals surface area (Å²) >= 11 is 0. The van der Waals surface area contributed by atoms with Crippen LogP contribution in [-0.4, -0.2) is 12.6 Å². The van der Waals surface area contributed by atoms with Crippen LogP contribution in [0.15, 0.2) is 0 Å². The second-order valence-corrected chi connectivity index (χ2v) is 10.7. The van der Waals surface area contributed by atoms with Gasteiger partial charge in [-0.3, -0.25) is 4.79 Å². The van der Waals surface area contributed by atoms with E-state index in [4.69, 9.17) is 4.74 Å². The van der Waals surface area contributed by atoms with Crippen molar-refractivity contribution in [3.05, 3.63) is 0 Å². The van der Waals surface area contributed by atoms with E-state index < -0.39 is 0 Å². The van der Waals surface area contributed by atoms with Gasteiger partial charge < -0.3 is 4.74 Å². The maximum Gasteiger partial charge on any atom is 0.305 e. The van der Waals surface area contributed by atoms with E-state index >= 15 is 0 Å². The maximum atomic E-state index is 11.8. The molecule has 0 aromatic rings. The van der Waals surface area contributed by atoms with Crippen LogP contribution >= 0.6 is 0 Å². The molecule has 0 bridgehead atoms. The zero-order chi connectivity index (χ0) is 23.0. The molecular weight excluding hydrogens is 380 g/mol. The highest BCUT2D eigenvalue weighted by Gasteiger charge is 2.03. The minimum Gasteiger partial charge on any atom is -0.466 e. The largest absolute Gasteiger partial charge is 0.466 e. The van der Waals surface area contributed by atoms with Gasteiger partial charge in [-0.1, -0.05) is 143 Å². The van der Waals surface area contributed by atoms with Gasteiger partial charge in [0, 0.05) is 6.42 Å². The Morgan fingerprint density at radius 2 is 0.806 bits per heavy atom. The lowest BCUT2D eigenvalue weighted by Gasteiger charge is -2.06. The summed E-state index contributed by atoms with van der Waals surface area (Å²) in [5.74, 6) is 1.74. The quantitative estimate of drug-likeness (QED) is 0.111. The second kappa shape index (κ2) is 24.1. The highest BCUT2D eigenvalue weighted by molar-refractivity contribution is 5.69. The Morgan fingerprint density at radius 1 is 0.484 bits per heavy atom. The molecule has 0 saturated carbocycles. The van der Waals surface area contributed by atoms with Crippen LogP contribution in [0.3, 0.4) is 0 Å². The van der Waals surface area contributed by atoms with Crippen molar-refractivity contribution in [2.45, 2.75) is 163 Å². The molecule has 0 rings (SSSR count). The van der Waals surface area contributed by atoms with Gasteiger partial charge in [0.2, 0.25) is 0 Å². The Labute approximate surface area is 196 Å². The Morgan fingerprint density at radius 3 is 1.19 bits per heavy atom. The molecule has 2 nitrogen and oxygen atoms in total. The summed E-state index contributed by atoms with van der Waals surface area (Å²) in [7, 11) is 0. The lowest BCUT2D eigenvalue weighted by Crippen LogP contribution is -2.05. The van der Waals surface area contributed by atoms with Crippen molar-refractivity contribution in [1.29, 1.82) is 0 Å². The van der Waals surface area contributed by atoms with Gasteiger partial charge in [-0.2, -0.15) is 0 Å². The normalized spacial score (nSPS) is 11.5. The van der Waals surface area contributed by atoms with E-state index in [1.54, 1.807) is 0 Å². The monoisotopic (exact) mass is 438 g/mol. The van der Waals surface area contributed by atoms with Crippen LogP contribution in [0.4, 0.5) is 0 Å². The first kappa shape index (κ1) is 30.5. The van der Waals surface area contributed by atoms with Gasteiger partial charge in [0.25, 0.3) is 0 Å². The van der Waals surface area contributed by atoms with Gasteiger partial charge in [0.1, 0.15) is 0 Å². The van der Waals surface area contributed by atoms with Crippen molar-refractivity contribution in [1.82, 2.24) is 0 Å². The van der Waals surface area contributed by atoms with Gasteiger partial charge in [-0.05, 0) is 24.7 Å². The molecule has 2 heteroatoms. The third-order valence-corrected chi connectivity index (χ3v) is 6.35. The number of hydrogen-bond acceptors (Lipinski definition) is 2. The predicted octanol–water partition coefficient (Wildman–Crippen LogP) is 10.0. The van der Waals surface area contributed by atoms with Gasteiger partial charge in [-0.25, -0.2) is 0 Å². The summed E-state index contributed by atoms with van der Waals surface area (Å²) < 4.78 is 5.39. The third-order valence-electron chi connectivity index (χ3n) is 6.35. The average Bonchev–Trinajstić information content (AvgIpc) is 2.72. The highest BCUT2D eigenvalue weighted by atomic mass is 16.5. The zero-order valence-corrected chi connectivity index (χ0v) is 22.0. The van der Waals surface area contributed by atoms with Crippen molar-refractivity contribution in [2.75, 3.05) is 6.61 Å². The molecule has 0 aliphatic carbocycles. The van der Waals surface area contributed by atoms with Crippen molar-refractivity contribution < 1.29 is 9.53 Å². The predicted molar refractivity (Wildman–Crippen MR) is 138 cm³/mol. The molecule has 0 saturated heterocycles. The van der Waals surface area contributed by atoms with Gasteiger partial charge in [0.15, 0.2) is 0 Å². The average molecular weight is 439 g/mol. The third kappa shape index (κ3) is 27.4. The fourth-order valence-electron chi connectivity index (χ4n) is 4.21. The molecule has 31 heavy (non-hydrogen) atoms. The zero-order valence-electron chi connectivity index (χ0n) is 22.0. The van der Waals surface area contributed by atoms with E-state index in [1.807, 2.05) is 0 Å². The van der Waals surface area contributed by atoms with Gasteiger partial charge in [-0.15, -0.1) is 0 Å². The molecule has 0 aliphatic heterocycles. The summed E-state index contributed by atoms with van der Waals surface area (Å²) in [5.41, 5.74) is 0. The number of esters is 1. The molecule has 0 N–H and O–H groups in total. The van der Waals surface area contributed by atoms with E-state index in [2.05, 4.69) is 27.7 Å². The number of carbonyl (C=O) groups excluding carboxylic acids is 1. The molecule has 0 aromatic heterocycles. The second-order valence-electron chi connectivity index (χ2n) is 10.7. The summed E-state index contributed by atoms with van der Waals surface area (Å²) in [6, 6.07) is 0. The fourth-order valence-corrected chi connectivity index (χ4v) is 4.21. The summed E-state index contributed by atoms with van der Waals surface area (Å²) in [6.45, 7) is 9.89. The van der Waals surface area contributed by atoms with Crippen molar-refractivity contribution >= 4 is 5.97 Å². The van der Waals surface area contributed by atoms with Crippen molar-refractivity contribution in [3.8, 4) is 0 Å². The van der Waals surface area contributed by atoms with Crippen LogP contribution in [0.2, 0.25) is 0 Å². The molecule has 0 atom stereocenters. The molecule has 0 spiro atoms. The number of ether oxygens (including phenoxy) is 1. The molecule has 0 heterocycles. The highest BCUT2D eigenvalue weighted by Crippen LogP contribution is 2.15. The number of rotatable bonds is 24.